The van der Waals surface area contributed by atoms with Gasteiger partial charge in [-0.25, -0.2) is 9.78 Å². The van der Waals surface area contributed by atoms with E-state index in [-0.39, 0.29) is 27.6 Å². The predicted octanol–water partition coefficient (Wildman–Crippen LogP) is 3.60. The highest BCUT2D eigenvalue weighted by molar-refractivity contribution is 6.36. The fourth-order valence-corrected chi connectivity index (χ4v) is 2.67. The molecule has 0 bridgehead atoms. The van der Waals surface area contributed by atoms with Crippen molar-refractivity contribution in [1.29, 1.82) is 0 Å². The molecule has 0 radical (unpaired) electrons. The van der Waals surface area contributed by atoms with Gasteiger partial charge in [0.1, 0.15) is 5.58 Å². The van der Waals surface area contributed by atoms with Gasteiger partial charge in [-0.05, 0) is 25.1 Å². The van der Waals surface area contributed by atoms with E-state index >= 15 is 0 Å². The molecule has 0 saturated carbocycles. The number of pyridine rings is 1. The maximum atomic E-state index is 12.1. The largest absolute Gasteiger partial charge is 0.450 e. The molecule has 2 heterocycles. The first-order valence-electron chi connectivity index (χ1n) is 7.66. The minimum atomic E-state index is -0.945. The average molecular weight is 407 g/mol. The number of rotatable bonds is 4. The summed E-state index contributed by atoms with van der Waals surface area (Å²) in [7, 11) is 0. The van der Waals surface area contributed by atoms with Crippen LogP contribution in [0.5, 0.6) is 0 Å². The Morgan fingerprint density at radius 1 is 1.22 bits per heavy atom. The summed E-state index contributed by atoms with van der Waals surface area (Å²) in [6, 6.07) is 7.43. The van der Waals surface area contributed by atoms with Gasteiger partial charge in [0.25, 0.3) is 5.91 Å². The van der Waals surface area contributed by atoms with Crippen LogP contribution in [0.2, 0.25) is 10.0 Å². The van der Waals surface area contributed by atoms with Crippen LogP contribution < -0.4 is 10.7 Å². The Morgan fingerprint density at radius 3 is 2.74 bits per heavy atom. The van der Waals surface area contributed by atoms with Crippen molar-refractivity contribution >= 4 is 51.9 Å². The van der Waals surface area contributed by atoms with Crippen LogP contribution >= 0.6 is 23.2 Å². The van der Waals surface area contributed by atoms with E-state index in [9.17, 15) is 14.4 Å². The molecule has 0 aliphatic carbocycles. The summed E-state index contributed by atoms with van der Waals surface area (Å²) in [5.74, 6) is -1.83. The SMILES string of the molecule is Cc1ccc2oc(C(=O)OCC(=O)Nc3ncc(Cl)cc3Cl)cc(=O)c2c1. The van der Waals surface area contributed by atoms with Gasteiger partial charge in [0, 0.05) is 12.3 Å². The summed E-state index contributed by atoms with van der Waals surface area (Å²) in [5, 5.41) is 3.18. The lowest BCUT2D eigenvalue weighted by Gasteiger charge is -2.07. The zero-order valence-electron chi connectivity index (χ0n) is 13.9. The van der Waals surface area contributed by atoms with Gasteiger partial charge < -0.3 is 14.5 Å². The Labute approximate surface area is 162 Å². The predicted molar refractivity (Wildman–Crippen MR) is 100 cm³/mol. The fourth-order valence-electron chi connectivity index (χ4n) is 2.25. The monoisotopic (exact) mass is 406 g/mol. The smallest absolute Gasteiger partial charge is 0.374 e. The van der Waals surface area contributed by atoms with Crippen LogP contribution in [-0.2, 0) is 9.53 Å². The molecule has 0 spiro atoms. The molecule has 3 aromatic rings. The fraction of sp³-hybridized carbons (Fsp3) is 0.111. The minimum Gasteiger partial charge on any atom is -0.450 e. The zero-order chi connectivity index (χ0) is 19.6. The third-order valence-corrected chi connectivity index (χ3v) is 3.98. The third-order valence-electron chi connectivity index (χ3n) is 3.48. The van der Waals surface area contributed by atoms with Crippen molar-refractivity contribution in [1.82, 2.24) is 4.98 Å². The number of halogens is 2. The van der Waals surface area contributed by atoms with Crippen LogP contribution in [0.3, 0.4) is 0 Å². The number of aryl methyl sites for hydroxylation is 1. The lowest BCUT2D eigenvalue weighted by atomic mass is 10.1. The number of benzene rings is 1. The molecular weight excluding hydrogens is 395 g/mol. The first-order chi connectivity index (χ1) is 12.8. The van der Waals surface area contributed by atoms with Crippen molar-refractivity contribution in [2.45, 2.75) is 6.92 Å². The van der Waals surface area contributed by atoms with Crippen LogP contribution in [0.1, 0.15) is 16.1 Å². The van der Waals surface area contributed by atoms with Gasteiger partial charge in [0.2, 0.25) is 5.76 Å². The van der Waals surface area contributed by atoms with Crippen LogP contribution in [0.25, 0.3) is 11.0 Å². The van der Waals surface area contributed by atoms with Crippen LogP contribution in [0.15, 0.2) is 45.7 Å². The number of amides is 1. The number of nitrogens with one attached hydrogen (secondary N) is 1. The van der Waals surface area contributed by atoms with E-state index < -0.39 is 18.5 Å². The molecule has 0 atom stereocenters. The van der Waals surface area contributed by atoms with Gasteiger partial charge in [-0.3, -0.25) is 9.59 Å². The topological polar surface area (TPSA) is 98.5 Å². The quantitative estimate of drug-likeness (QED) is 0.664. The first-order valence-corrected chi connectivity index (χ1v) is 8.41. The van der Waals surface area contributed by atoms with E-state index in [1.54, 1.807) is 18.2 Å². The summed E-state index contributed by atoms with van der Waals surface area (Å²) in [4.78, 5) is 40.0. The second-order valence-corrected chi connectivity index (χ2v) is 6.43. The number of esters is 1. The molecule has 0 aliphatic heterocycles. The first kappa shape index (κ1) is 18.9. The van der Waals surface area contributed by atoms with Crippen molar-refractivity contribution in [3.63, 3.8) is 0 Å². The highest BCUT2D eigenvalue weighted by Crippen LogP contribution is 2.22. The number of anilines is 1. The van der Waals surface area contributed by atoms with Crippen molar-refractivity contribution in [2.75, 3.05) is 11.9 Å². The number of nitrogens with zero attached hydrogens (tertiary/aromatic N) is 1. The Kier molecular flexibility index (Phi) is 5.43. The second-order valence-electron chi connectivity index (χ2n) is 5.58. The third kappa shape index (κ3) is 4.45. The number of hydrogen-bond donors (Lipinski definition) is 1. The van der Waals surface area contributed by atoms with E-state index in [4.69, 9.17) is 32.4 Å². The van der Waals surface area contributed by atoms with Gasteiger partial charge in [0.05, 0.1) is 15.4 Å². The van der Waals surface area contributed by atoms with Crippen molar-refractivity contribution in [3.8, 4) is 0 Å². The Morgan fingerprint density at radius 2 is 2.00 bits per heavy atom. The minimum absolute atomic E-state index is 0.0784. The van der Waals surface area contributed by atoms with Crippen molar-refractivity contribution in [3.05, 3.63) is 68.1 Å². The summed E-state index contributed by atoms with van der Waals surface area (Å²) in [6.07, 6.45) is 1.31. The summed E-state index contributed by atoms with van der Waals surface area (Å²) < 4.78 is 10.3. The lowest BCUT2D eigenvalue weighted by Crippen LogP contribution is -2.22. The molecule has 1 aromatic carbocycles. The molecule has 1 amide bonds. The van der Waals surface area contributed by atoms with E-state index in [0.29, 0.717) is 10.4 Å². The molecule has 1 N–H and O–H groups in total. The molecule has 0 aliphatic rings. The Hall–Kier alpha value is -2.90. The van der Waals surface area contributed by atoms with E-state index in [0.717, 1.165) is 11.6 Å². The Bertz CT molecular complexity index is 1110. The van der Waals surface area contributed by atoms with Crippen molar-refractivity contribution < 1.29 is 18.7 Å². The van der Waals surface area contributed by atoms with Gasteiger partial charge in [-0.2, -0.15) is 0 Å². The van der Waals surface area contributed by atoms with Gasteiger partial charge in [0.15, 0.2) is 17.9 Å². The molecule has 2 aromatic heterocycles. The summed E-state index contributed by atoms with van der Waals surface area (Å²) >= 11 is 11.6. The molecular formula is C18H12Cl2N2O5. The van der Waals surface area contributed by atoms with E-state index in [1.807, 2.05) is 6.92 Å². The summed E-state index contributed by atoms with van der Waals surface area (Å²) in [6.45, 7) is 1.22. The molecule has 9 heteroatoms. The van der Waals surface area contributed by atoms with Crippen LogP contribution in [0.4, 0.5) is 5.82 Å². The highest BCUT2D eigenvalue weighted by Gasteiger charge is 2.16. The maximum Gasteiger partial charge on any atom is 0.374 e. The number of hydrogen-bond acceptors (Lipinski definition) is 6. The van der Waals surface area contributed by atoms with Crippen LogP contribution in [-0.4, -0.2) is 23.5 Å². The number of aromatic nitrogens is 1. The zero-order valence-corrected chi connectivity index (χ0v) is 15.4. The molecule has 0 fully saturated rings. The highest BCUT2D eigenvalue weighted by atomic mass is 35.5. The van der Waals surface area contributed by atoms with Gasteiger partial charge in [-0.1, -0.05) is 34.8 Å². The second kappa shape index (κ2) is 7.77. The number of fused-ring (bicyclic) bond motifs is 1. The Balaban J connectivity index is 1.68. The lowest BCUT2D eigenvalue weighted by molar-refractivity contribution is -0.119. The molecule has 0 unspecified atom stereocenters. The average Bonchev–Trinajstić information content (AvgIpc) is 2.62. The van der Waals surface area contributed by atoms with Gasteiger partial charge in [-0.15, -0.1) is 0 Å². The maximum absolute atomic E-state index is 12.1. The van der Waals surface area contributed by atoms with Gasteiger partial charge >= 0.3 is 5.97 Å². The number of carbonyl (C=O) groups is 2. The molecule has 27 heavy (non-hydrogen) atoms. The standard InChI is InChI=1S/C18H12Cl2N2O5/c1-9-2-3-14-11(4-9)13(23)6-15(27-14)18(25)26-8-16(24)22-17-12(20)5-10(19)7-21-17/h2-7H,8H2,1H3,(H,21,22,24). The van der Waals surface area contributed by atoms with E-state index in [2.05, 4.69) is 10.3 Å². The van der Waals surface area contributed by atoms with Crippen molar-refractivity contribution in [2.24, 2.45) is 0 Å². The van der Waals surface area contributed by atoms with Crippen LogP contribution in [0, 0.1) is 6.92 Å². The normalized spacial score (nSPS) is 10.6. The summed E-state index contributed by atoms with van der Waals surface area (Å²) in [5.41, 5.74) is 0.756. The molecule has 3 rings (SSSR count). The molecule has 0 saturated heterocycles. The number of ether oxygens (including phenoxy) is 1. The molecule has 138 valence electrons. The van der Waals surface area contributed by atoms with E-state index in [1.165, 1.54) is 12.3 Å². The number of carbonyl (C=O) groups excluding carboxylic acids is 2. The molecule has 7 nitrogen and oxygen atoms in total.